The molecule has 1 aliphatic heterocycles. The summed E-state index contributed by atoms with van der Waals surface area (Å²) in [5, 5.41) is 3.82. The van der Waals surface area contributed by atoms with Crippen LogP contribution in [0.25, 0.3) is 0 Å². The van der Waals surface area contributed by atoms with Gasteiger partial charge in [-0.25, -0.2) is 9.97 Å². The fourth-order valence-electron chi connectivity index (χ4n) is 3.39. The number of carbonyl (C=O) groups excluding carboxylic acids is 1. The van der Waals surface area contributed by atoms with E-state index < -0.39 is 0 Å². The Hall–Kier alpha value is -2.48. The maximum absolute atomic E-state index is 13.0. The molecule has 3 N–H and O–H groups in total. The minimum atomic E-state index is -0.349. The Morgan fingerprint density at radius 2 is 2.03 bits per heavy atom. The molecule has 1 atom stereocenters. The second-order valence-electron chi connectivity index (χ2n) is 6.78. The fraction of sp³-hybridized carbons (Fsp3) is 0.190. The van der Waals surface area contributed by atoms with Gasteiger partial charge in [-0.2, -0.15) is 0 Å². The highest BCUT2D eigenvalue weighted by molar-refractivity contribution is 9.10. The molecule has 3 aromatic rings. The van der Waals surface area contributed by atoms with Gasteiger partial charge < -0.3 is 16.0 Å². The molecule has 0 amide bonds. The van der Waals surface area contributed by atoms with Crippen LogP contribution in [0.1, 0.15) is 27.7 Å². The Morgan fingerprint density at radius 3 is 2.83 bits per heavy atom. The summed E-state index contributed by atoms with van der Waals surface area (Å²) in [6.45, 7) is 2.34. The normalized spacial score (nSPS) is 16.6. The largest absolute Gasteiger partial charge is 0.383 e. The summed E-state index contributed by atoms with van der Waals surface area (Å²) in [6, 6.07) is 15.6. The summed E-state index contributed by atoms with van der Waals surface area (Å²) >= 11 is 9.63. The number of carbonyl (C=O) groups is 1. The molecule has 148 valence electrons. The van der Waals surface area contributed by atoms with Gasteiger partial charge in [-0.3, -0.25) is 4.79 Å². The molecule has 2 aromatic heterocycles. The lowest BCUT2D eigenvalue weighted by molar-refractivity contribution is 0.103. The number of nitrogens with two attached hydrogens (primary N) is 1. The van der Waals surface area contributed by atoms with E-state index in [1.54, 1.807) is 18.3 Å². The van der Waals surface area contributed by atoms with E-state index in [0.29, 0.717) is 10.3 Å². The number of nitrogens with zero attached hydrogens (tertiary/aromatic N) is 3. The summed E-state index contributed by atoms with van der Waals surface area (Å²) in [5.74, 6) is 0.507. The van der Waals surface area contributed by atoms with Crippen LogP contribution in [0.15, 0.2) is 59.2 Å². The molecule has 0 aliphatic carbocycles. The van der Waals surface area contributed by atoms with E-state index in [1.165, 1.54) is 5.56 Å². The monoisotopic (exact) mass is 471 g/mol. The lowest BCUT2D eigenvalue weighted by Crippen LogP contribution is -2.46. The third-order valence-corrected chi connectivity index (χ3v) is 5.62. The molecule has 0 bridgehead atoms. The number of nitrogens with one attached hydrogen (secondary N) is 1. The molecule has 0 radical (unpaired) electrons. The SMILES string of the molecule is Nc1ncc(Br)cc1C(=O)c1nc(N2CCNC(c3ccccc3)C2)ccc1Cl. The number of aromatic nitrogens is 2. The number of hydrogen-bond acceptors (Lipinski definition) is 6. The molecule has 1 aliphatic rings. The summed E-state index contributed by atoms with van der Waals surface area (Å²) in [7, 11) is 0. The van der Waals surface area contributed by atoms with Crippen LogP contribution >= 0.6 is 27.5 Å². The van der Waals surface area contributed by atoms with Crippen LogP contribution in [0.2, 0.25) is 5.02 Å². The molecule has 1 fully saturated rings. The number of halogens is 2. The smallest absolute Gasteiger partial charge is 0.216 e. The third-order valence-electron chi connectivity index (χ3n) is 4.88. The van der Waals surface area contributed by atoms with Crippen LogP contribution in [0, 0.1) is 0 Å². The first-order chi connectivity index (χ1) is 14.0. The minimum absolute atomic E-state index is 0.146. The zero-order valence-electron chi connectivity index (χ0n) is 15.5. The van der Waals surface area contributed by atoms with Crippen molar-refractivity contribution in [3.63, 3.8) is 0 Å². The zero-order chi connectivity index (χ0) is 20.4. The van der Waals surface area contributed by atoms with E-state index in [0.717, 1.165) is 19.6 Å². The first kappa shape index (κ1) is 19.8. The number of benzene rings is 1. The lowest BCUT2D eigenvalue weighted by Gasteiger charge is -2.35. The molecule has 8 heteroatoms. The molecule has 3 heterocycles. The highest BCUT2D eigenvalue weighted by Gasteiger charge is 2.24. The number of ketones is 1. The van der Waals surface area contributed by atoms with E-state index in [2.05, 4.69) is 48.2 Å². The number of pyridine rings is 2. The predicted octanol–water partition coefficient (Wildman–Crippen LogP) is 3.86. The topological polar surface area (TPSA) is 84.1 Å². The Bertz CT molecular complexity index is 1050. The van der Waals surface area contributed by atoms with Crippen molar-refractivity contribution in [3.8, 4) is 0 Å². The van der Waals surface area contributed by atoms with Gasteiger partial charge in [0.2, 0.25) is 5.78 Å². The van der Waals surface area contributed by atoms with Crippen molar-refractivity contribution >= 4 is 44.9 Å². The van der Waals surface area contributed by atoms with Gasteiger partial charge in [0.25, 0.3) is 0 Å². The van der Waals surface area contributed by atoms with Gasteiger partial charge in [0.15, 0.2) is 0 Å². The standard InChI is InChI=1S/C21H19BrClN5O/c22-14-10-15(21(24)26-11-14)20(29)19-16(23)6-7-18(27-19)28-9-8-25-17(12-28)13-4-2-1-3-5-13/h1-7,10-11,17,25H,8-9,12H2,(H2,24,26). The van der Waals surface area contributed by atoms with Crippen molar-refractivity contribution in [1.29, 1.82) is 0 Å². The van der Waals surface area contributed by atoms with Crippen LogP contribution < -0.4 is 16.0 Å². The number of rotatable bonds is 4. The van der Waals surface area contributed by atoms with Gasteiger partial charge in [0.05, 0.1) is 10.6 Å². The second-order valence-corrected chi connectivity index (χ2v) is 8.10. The summed E-state index contributed by atoms with van der Waals surface area (Å²) in [5.41, 5.74) is 7.56. The quantitative estimate of drug-likeness (QED) is 0.561. The summed E-state index contributed by atoms with van der Waals surface area (Å²) in [4.78, 5) is 23.8. The van der Waals surface area contributed by atoms with Crippen LogP contribution in [0.3, 0.4) is 0 Å². The van der Waals surface area contributed by atoms with Crippen molar-refractivity contribution in [3.05, 3.63) is 81.0 Å². The molecular weight excluding hydrogens is 454 g/mol. The number of piperazine rings is 1. The van der Waals surface area contributed by atoms with Gasteiger partial charge in [-0.1, -0.05) is 41.9 Å². The zero-order valence-corrected chi connectivity index (χ0v) is 17.8. The second kappa shape index (κ2) is 8.49. The predicted molar refractivity (Wildman–Crippen MR) is 118 cm³/mol. The van der Waals surface area contributed by atoms with Crippen molar-refractivity contribution in [2.75, 3.05) is 30.3 Å². The minimum Gasteiger partial charge on any atom is -0.383 e. The highest BCUT2D eigenvalue weighted by atomic mass is 79.9. The van der Waals surface area contributed by atoms with Gasteiger partial charge in [-0.05, 0) is 39.7 Å². The lowest BCUT2D eigenvalue weighted by atomic mass is 10.0. The number of nitrogen functional groups attached to an aromatic ring is 1. The number of anilines is 2. The van der Waals surface area contributed by atoms with Gasteiger partial charge in [0.1, 0.15) is 17.3 Å². The number of hydrogen-bond donors (Lipinski definition) is 2. The summed E-state index contributed by atoms with van der Waals surface area (Å²) < 4.78 is 0.662. The van der Waals surface area contributed by atoms with E-state index >= 15 is 0 Å². The molecule has 0 spiro atoms. The molecule has 1 unspecified atom stereocenters. The Labute approximate surface area is 182 Å². The molecule has 1 aromatic carbocycles. The van der Waals surface area contributed by atoms with Crippen LogP contribution in [0.5, 0.6) is 0 Å². The van der Waals surface area contributed by atoms with E-state index in [4.69, 9.17) is 17.3 Å². The van der Waals surface area contributed by atoms with Crippen molar-refractivity contribution in [2.24, 2.45) is 0 Å². The molecule has 29 heavy (non-hydrogen) atoms. The van der Waals surface area contributed by atoms with Crippen molar-refractivity contribution in [1.82, 2.24) is 15.3 Å². The molecule has 0 saturated carbocycles. The van der Waals surface area contributed by atoms with Crippen molar-refractivity contribution < 1.29 is 4.79 Å². The maximum atomic E-state index is 13.0. The third kappa shape index (κ3) is 4.27. The maximum Gasteiger partial charge on any atom is 0.216 e. The average molecular weight is 473 g/mol. The Morgan fingerprint density at radius 1 is 1.24 bits per heavy atom. The molecule has 6 nitrogen and oxygen atoms in total. The molecular formula is C21H19BrClN5O. The Balaban J connectivity index is 1.63. The van der Waals surface area contributed by atoms with Gasteiger partial charge >= 0.3 is 0 Å². The molecule has 1 saturated heterocycles. The van der Waals surface area contributed by atoms with Gasteiger partial charge in [-0.15, -0.1) is 0 Å². The van der Waals surface area contributed by atoms with Crippen LogP contribution in [0.4, 0.5) is 11.6 Å². The first-order valence-corrected chi connectivity index (χ1v) is 10.4. The highest BCUT2D eigenvalue weighted by Crippen LogP contribution is 2.27. The Kier molecular flexibility index (Phi) is 5.80. The molecule has 4 rings (SSSR count). The van der Waals surface area contributed by atoms with Crippen LogP contribution in [-0.2, 0) is 0 Å². The average Bonchev–Trinajstić information content (AvgIpc) is 2.76. The van der Waals surface area contributed by atoms with E-state index in [1.807, 2.05) is 24.3 Å². The fourth-order valence-corrected chi connectivity index (χ4v) is 3.92. The van der Waals surface area contributed by atoms with Gasteiger partial charge in [0, 0.05) is 36.3 Å². The van der Waals surface area contributed by atoms with E-state index in [-0.39, 0.29) is 33.9 Å². The van der Waals surface area contributed by atoms with Crippen molar-refractivity contribution in [2.45, 2.75) is 6.04 Å². The van der Waals surface area contributed by atoms with Crippen LogP contribution in [-0.4, -0.2) is 35.4 Å². The van der Waals surface area contributed by atoms with E-state index in [9.17, 15) is 4.79 Å². The summed E-state index contributed by atoms with van der Waals surface area (Å²) in [6.07, 6.45) is 1.54. The first-order valence-electron chi connectivity index (χ1n) is 9.18.